The fourth-order valence-electron chi connectivity index (χ4n) is 0.870. The summed E-state index contributed by atoms with van der Waals surface area (Å²) in [6, 6.07) is 5.81. The number of hydrogen-bond acceptors (Lipinski definition) is 5. The smallest absolute Gasteiger partial charge is 0.339 e. The highest BCUT2D eigenvalue weighted by atomic mass is 16.6. The van der Waals surface area contributed by atoms with Crippen LogP contribution in [0.25, 0.3) is 0 Å². The second-order valence-corrected chi connectivity index (χ2v) is 3.09. The first-order valence-corrected chi connectivity index (χ1v) is 5.07. The number of benzene rings is 1. The van der Waals surface area contributed by atoms with E-state index in [0.717, 1.165) is 12.2 Å². The Balaban J connectivity index is 0.000000344. The molecule has 0 saturated carbocycles. The zero-order valence-electron chi connectivity index (χ0n) is 10.0. The Bertz CT molecular complexity index is 466. The Kier molecular flexibility index (Phi) is 7.32. The summed E-state index contributed by atoms with van der Waals surface area (Å²) in [7, 11) is 0. The van der Waals surface area contributed by atoms with Crippen molar-refractivity contribution in [1.82, 2.24) is 0 Å². The maximum absolute atomic E-state index is 10.3. The van der Waals surface area contributed by atoms with Crippen LogP contribution in [-0.4, -0.2) is 33.5 Å². The van der Waals surface area contributed by atoms with E-state index in [-0.39, 0.29) is 11.3 Å². The lowest BCUT2D eigenvalue weighted by atomic mass is 10.2. The van der Waals surface area contributed by atoms with Gasteiger partial charge >= 0.3 is 11.9 Å². The second kappa shape index (κ2) is 8.48. The van der Waals surface area contributed by atoms with Crippen molar-refractivity contribution in [3.8, 4) is 5.75 Å². The number of esters is 1. The van der Waals surface area contributed by atoms with E-state index in [9.17, 15) is 9.59 Å². The van der Waals surface area contributed by atoms with Crippen LogP contribution in [0, 0.1) is 0 Å². The topological polar surface area (TPSA) is 104 Å². The molecule has 1 rings (SSSR count). The summed E-state index contributed by atoms with van der Waals surface area (Å²) in [5, 5.41) is 25.9. The molecule has 0 fully saturated rings. The largest absolute Gasteiger partial charge is 0.507 e. The highest BCUT2D eigenvalue weighted by Crippen LogP contribution is 2.14. The van der Waals surface area contributed by atoms with Gasteiger partial charge in [-0.15, -0.1) is 0 Å². The van der Waals surface area contributed by atoms with Gasteiger partial charge in [-0.2, -0.15) is 0 Å². The summed E-state index contributed by atoms with van der Waals surface area (Å²) in [4.78, 5) is 20.5. The third kappa shape index (κ3) is 6.64. The van der Waals surface area contributed by atoms with Gasteiger partial charge in [-0.25, -0.2) is 9.59 Å². The lowest BCUT2D eigenvalue weighted by Gasteiger charge is -2.02. The summed E-state index contributed by atoms with van der Waals surface area (Å²) >= 11 is 0. The molecule has 0 spiro atoms. The SMILES string of the molecule is C=CC(=O)OC(O)C=C.O=C(O)c1ccccc1O. The van der Waals surface area contributed by atoms with Gasteiger partial charge in [0, 0.05) is 6.08 Å². The molecule has 1 aromatic carbocycles. The number of carboxylic acid groups (broad SMARTS) is 1. The van der Waals surface area contributed by atoms with Crippen molar-refractivity contribution in [3.63, 3.8) is 0 Å². The number of carboxylic acids is 1. The zero-order chi connectivity index (χ0) is 14.8. The Morgan fingerprint density at radius 3 is 2.21 bits per heavy atom. The number of carbonyl (C=O) groups is 2. The van der Waals surface area contributed by atoms with Crippen molar-refractivity contribution >= 4 is 11.9 Å². The number of carbonyl (C=O) groups excluding carboxylic acids is 1. The minimum atomic E-state index is -1.23. The Morgan fingerprint density at radius 1 is 1.26 bits per heavy atom. The zero-order valence-corrected chi connectivity index (χ0v) is 10.0. The van der Waals surface area contributed by atoms with Gasteiger partial charge in [0.15, 0.2) is 0 Å². The number of hydrogen-bond donors (Lipinski definition) is 3. The van der Waals surface area contributed by atoms with Gasteiger partial charge < -0.3 is 20.1 Å². The van der Waals surface area contributed by atoms with Crippen molar-refractivity contribution < 1.29 is 29.6 Å². The van der Waals surface area contributed by atoms with E-state index in [1.165, 1.54) is 12.1 Å². The molecule has 3 N–H and O–H groups in total. The van der Waals surface area contributed by atoms with E-state index in [1.807, 2.05) is 0 Å². The highest BCUT2D eigenvalue weighted by molar-refractivity contribution is 5.90. The minimum Gasteiger partial charge on any atom is -0.507 e. The van der Waals surface area contributed by atoms with Crippen molar-refractivity contribution in [2.45, 2.75) is 6.29 Å². The van der Waals surface area contributed by atoms with E-state index in [0.29, 0.717) is 0 Å². The molecule has 0 aliphatic rings. The Hall–Kier alpha value is -2.60. The maximum atomic E-state index is 10.3. The Morgan fingerprint density at radius 2 is 1.84 bits per heavy atom. The van der Waals surface area contributed by atoms with Gasteiger partial charge in [0.25, 0.3) is 0 Å². The van der Waals surface area contributed by atoms with Crippen LogP contribution in [0.4, 0.5) is 0 Å². The Labute approximate surface area is 109 Å². The van der Waals surface area contributed by atoms with Crippen LogP contribution < -0.4 is 0 Å². The maximum Gasteiger partial charge on any atom is 0.339 e. The van der Waals surface area contributed by atoms with Crippen molar-refractivity contribution in [3.05, 3.63) is 55.1 Å². The van der Waals surface area contributed by atoms with Gasteiger partial charge in [0.2, 0.25) is 6.29 Å². The average molecular weight is 266 g/mol. The normalized spacial score (nSPS) is 10.4. The van der Waals surface area contributed by atoms with Gasteiger partial charge in [-0.3, -0.25) is 0 Å². The number of aliphatic hydroxyl groups is 1. The molecule has 0 aliphatic heterocycles. The summed E-state index contributed by atoms with van der Waals surface area (Å²) in [6.45, 7) is 6.31. The van der Waals surface area contributed by atoms with Gasteiger partial charge in [0.05, 0.1) is 0 Å². The van der Waals surface area contributed by atoms with Gasteiger partial charge in [-0.05, 0) is 18.2 Å². The van der Waals surface area contributed by atoms with E-state index in [4.69, 9.17) is 15.3 Å². The van der Waals surface area contributed by atoms with Crippen LogP contribution >= 0.6 is 0 Å². The van der Waals surface area contributed by atoms with E-state index >= 15 is 0 Å². The molecule has 0 aliphatic carbocycles. The number of aliphatic hydroxyl groups excluding tert-OH is 1. The number of ether oxygens (including phenoxy) is 1. The van der Waals surface area contributed by atoms with Gasteiger partial charge in [0.1, 0.15) is 11.3 Å². The van der Waals surface area contributed by atoms with Crippen molar-refractivity contribution in [1.29, 1.82) is 0 Å². The fourth-order valence-corrected chi connectivity index (χ4v) is 0.870. The monoisotopic (exact) mass is 266 g/mol. The predicted molar refractivity (Wildman–Crippen MR) is 67.6 cm³/mol. The number of aromatic hydroxyl groups is 1. The molecule has 1 aromatic rings. The summed E-state index contributed by atoms with van der Waals surface area (Å²) < 4.78 is 4.23. The number of aromatic carboxylic acids is 1. The standard InChI is InChI=1S/C7H6O3.C6H8O3/c8-6-4-2-1-3-5(6)7(9)10;1-3-5(7)9-6(8)4-2/h1-4,8H,(H,9,10);3-5,7H,1-2H2. The van der Waals surface area contributed by atoms with Crippen LogP contribution in [0.3, 0.4) is 0 Å². The van der Waals surface area contributed by atoms with E-state index in [2.05, 4.69) is 17.9 Å². The lowest BCUT2D eigenvalue weighted by Crippen LogP contribution is -2.12. The molecule has 6 nitrogen and oxygen atoms in total. The molecule has 0 radical (unpaired) electrons. The minimum absolute atomic E-state index is 0.0671. The molecular weight excluding hydrogens is 252 g/mol. The molecule has 0 amide bonds. The lowest BCUT2D eigenvalue weighted by molar-refractivity contribution is -0.154. The number of para-hydroxylation sites is 1. The molecule has 19 heavy (non-hydrogen) atoms. The third-order valence-corrected chi connectivity index (χ3v) is 1.74. The van der Waals surface area contributed by atoms with E-state index < -0.39 is 18.2 Å². The highest BCUT2D eigenvalue weighted by Gasteiger charge is 2.05. The van der Waals surface area contributed by atoms with Crippen molar-refractivity contribution in [2.75, 3.05) is 0 Å². The quantitative estimate of drug-likeness (QED) is 0.328. The van der Waals surface area contributed by atoms with Crippen molar-refractivity contribution in [2.24, 2.45) is 0 Å². The summed E-state index contributed by atoms with van der Waals surface area (Å²) in [5.74, 6) is -1.98. The van der Waals surface area contributed by atoms with Crippen LogP contribution in [-0.2, 0) is 9.53 Å². The summed E-state index contributed by atoms with van der Waals surface area (Å²) in [6.07, 6.45) is 0.837. The number of rotatable bonds is 4. The molecule has 0 aromatic heterocycles. The average Bonchev–Trinajstić information content (AvgIpc) is 2.39. The van der Waals surface area contributed by atoms with E-state index in [1.54, 1.807) is 12.1 Å². The first-order valence-electron chi connectivity index (χ1n) is 5.07. The first-order chi connectivity index (χ1) is 8.92. The molecule has 1 atom stereocenters. The number of phenols is 1. The fraction of sp³-hybridized carbons (Fsp3) is 0.0769. The first kappa shape index (κ1) is 16.4. The van der Waals surface area contributed by atoms with Crippen LogP contribution in [0.2, 0.25) is 0 Å². The predicted octanol–water partition coefficient (Wildman–Crippen LogP) is 1.31. The second-order valence-electron chi connectivity index (χ2n) is 3.09. The molecule has 0 saturated heterocycles. The van der Waals surface area contributed by atoms with Crippen LogP contribution in [0.15, 0.2) is 49.6 Å². The third-order valence-electron chi connectivity index (χ3n) is 1.74. The molecule has 0 bridgehead atoms. The van der Waals surface area contributed by atoms with Gasteiger partial charge in [-0.1, -0.05) is 25.3 Å². The molecule has 6 heteroatoms. The molecule has 1 unspecified atom stereocenters. The molecule has 102 valence electrons. The van der Waals surface area contributed by atoms with Crippen LogP contribution in [0.5, 0.6) is 5.75 Å². The van der Waals surface area contributed by atoms with Crippen LogP contribution in [0.1, 0.15) is 10.4 Å². The molecular formula is C13H14O6. The summed E-state index contributed by atoms with van der Waals surface area (Å²) in [5.41, 5.74) is -0.0671. The molecule has 0 heterocycles.